The van der Waals surface area contributed by atoms with Crippen LogP contribution < -0.4 is 4.90 Å². The fourth-order valence-electron chi connectivity index (χ4n) is 3.23. The van der Waals surface area contributed by atoms with Gasteiger partial charge in [-0.05, 0) is 70.0 Å². The molecule has 0 N–H and O–H groups in total. The second-order valence-corrected chi connectivity index (χ2v) is 9.47. The van der Waals surface area contributed by atoms with Gasteiger partial charge in [0.15, 0.2) is 0 Å². The number of benzene rings is 2. The second-order valence-electron chi connectivity index (χ2n) is 8.35. The highest BCUT2D eigenvalue weighted by Gasteiger charge is 2.37. The van der Waals surface area contributed by atoms with Crippen molar-refractivity contribution in [2.45, 2.75) is 50.0 Å². The zero-order chi connectivity index (χ0) is 22.1. The van der Waals surface area contributed by atoms with Gasteiger partial charge in [-0.15, -0.1) is 0 Å². The van der Waals surface area contributed by atoms with Gasteiger partial charge >= 0.3 is 6.09 Å². The van der Waals surface area contributed by atoms with Gasteiger partial charge in [-0.25, -0.2) is 9.69 Å². The van der Waals surface area contributed by atoms with Crippen molar-refractivity contribution in [2.75, 3.05) is 18.0 Å². The number of ether oxygens (including phenoxy) is 1. The molecule has 3 rings (SSSR count). The van der Waals surface area contributed by atoms with Crippen LogP contribution in [0.2, 0.25) is 0 Å². The fraction of sp³-hybridized carbons (Fsp3) is 0.348. The number of piperazine rings is 1. The number of para-hydroxylation sites is 1. The van der Waals surface area contributed by atoms with Gasteiger partial charge in [0.1, 0.15) is 18.7 Å². The summed E-state index contributed by atoms with van der Waals surface area (Å²) >= 11 is 1.50. The minimum atomic E-state index is -0.699. The van der Waals surface area contributed by atoms with E-state index < -0.39 is 23.5 Å². The molecule has 1 saturated heterocycles. The maximum absolute atomic E-state index is 12.8. The van der Waals surface area contributed by atoms with Crippen molar-refractivity contribution in [1.29, 1.82) is 0 Å². The fourth-order valence-corrected chi connectivity index (χ4v) is 4.39. The van der Waals surface area contributed by atoms with E-state index in [1.54, 1.807) is 32.9 Å². The molecule has 0 radical (unpaired) electrons. The van der Waals surface area contributed by atoms with Crippen LogP contribution in [0.15, 0.2) is 52.3 Å². The van der Waals surface area contributed by atoms with E-state index in [0.717, 1.165) is 25.8 Å². The SMILES string of the molecule is Cc1cc(C)cc(Sc2ccccc2N2C(=O)CN(C(=O)OC(C)(C)C)CC2=O)c1. The summed E-state index contributed by atoms with van der Waals surface area (Å²) < 4.78 is 5.30. The molecule has 3 amide bonds. The van der Waals surface area contributed by atoms with E-state index in [4.69, 9.17) is 4.74 Å². The zero-order valence-corrected chi connectivity index (χ0v) is 18.7. The van der Waals surface area contributed by atoms with Crippen LogP contribution in [0.25, 0.3) is 0 Å². The number of carbonyl (C=O) groups is 3. The Labute approximate surface area is 181 Å². The molecule has 6 nitrogen and oxygen atoms in total. The normalized spacial score (nSPS) is 14.8. The van der Waals surface area contributed by atoms with Gasteiger partial charge in [-0.1, -0.05) is 30.0 Å². The molecule has 1 aliphatic rings. The van der Waals surface area contributed by atoms with Crippen LogP contribution in [0.3, 0.4) is 0 Å². The summed E-state index contributed by atoms with van der Waals surface area (Å²) in [4.78, 5) is 42.1. The second kappa shape index (κ2) is 8.52. The summed E-state index contributed by atoms with van der Waals surface area (Å²) in [6, 6.07) is 13.5. The Bertz CT molecular complexity index is 959. The first-order chi connectivity index (χ1) is 14.0. The highest BCUT2D eigenvalue weighted by molar-refractivity contribution is 7.99. The van der Waals surface area contributed by atoms with Gasteiger partial charge in [0.05, 0.1) is 5.69 Å². The third kappa shape index (κ3) is 5.21. The van der Waals surface area contributed by atoms with E-state index in [-0.39, 0.29) is 13.1 Å². The van der Waals surface area contributed by atoms with E-state index in [2.05, 4.69) is 18.2 Å². The maximum atomic E-state index is 12.8. The van der Waals surface area contributed by atoms with E-state index in [0.29, 0.717) is 5.69 Å². The molecule has 0 spiro atoms. The van der Waals surface area contributed by atoms with Gasteiger partial charge < -0.3 is 4.74 Å². The lowest BCUT2D eigenvalue weighted by molar-refractivity contribution is -0.131. The summed E-state index contributed by atoms with van der Waals surface area (Å²) in [5, 5.41) is 0. The summed E-state index contributed by atoms with van der Waals surface area (Å²) in [6.45, 7) is 8.88. The minimum absolute atomic E-state index is 0.205. The van der Waals surface area contributed by atoms with Crippen molar-refractivity contribution >= 4 is 35.4 Å². The van der Waals surface area contributed by atoms with Crippen LogP contribution in [-0.2, 0) is 14.3 Å². The number of imide groups is 1. The highest BCUT2D eigenvalue weighted by atomic mass is 32.2. The van der Waals surface area contributed by atoms with Gasteiger partial charge in [0, 0.05) is 9.79 Å². The number of aryl methyl sites for hydroxylation is 2. The lowest BCUT2D eigenvalue weighted by Crippen LogP contribution is -2.56. The lowest BCUT2D eigenvalue weighted by Gasteiger charge is -2.34. The molecule has 2 aromatic rings. The van der Waals surface area contributed by atoms with Crippen LogP contribution >= 0.6 is 11.8 Å². The van der Waals surface area contributed by atoms with E-state index in [9.17, 15) is 14.4 Å². The van der Waals surface area contributed by atoms with E-state index in [1.165, 1.54) is 16.7 Å². The van der Waals surface area contributed by atoms with Crippen LogP contribution in [-0.4, -0.2) is 41.5 Å². The Morgan fingerprint density at radius 3 is 2.10 bits per heavy atom. The van der Waals surface area contributed by atoms with Crippen molar-refractivity contribution in [2.24, 2.45) is 0 Å². The topological polar surface area (TPSA) is 66.9 Å². The number of carbonyl (C=O) groups excluding carboxylic acids is 3. The van der Waals surface area contributed by atoms with Crippen LogP contribution in [0.5, 0.6) is 0 Å². The van der Waals surface area contributed by atoms with Crippen molar-refractivity contribution in [3.05, 3.63) is 53.6 Å². The van der Waals surface area contributed by atoms with Crippen molar-refractivity contribution in [3.8, 4) is 0 Å². The third-order valence-corrected chi connectivity index (χ3v) is 5.37. The molecule has 0 saturated carbocycles. The Hall–Kier alpha value is -2.80. The van der Waals surface area contributed by atoms with Crippen molar-refractivity contribution in [3.63, 3.8) is 0 Å². The molecule has 7 heteroatoms. The Kier molecular flexibility index (Phi) is 6.22. The highest BCUT2D eigenvalue weighted by Crippen LogP contribution is 2.37. The number of rotatable bonds is 3. The number of hydrogen-bond donors (Lipinski definition) is 0. The van der Waals surface area contributed by atoms with Gasteiger partial charge in [0.25, 0.3) is 11.8 Å². The standard InChI is InChI=1S/C23H26N2O4S/c1-15-10-16(2)12-17(11-15)30-19-9-7-6-8-18(19)25-20(26)13-24(14-21(25)27)22(28)29-23(3,4)5/h6-12H,13-14H2,1-5H3. The lowest BCUT2D eigenvalue weighted by atomic mass is 10.2. The van der Waals surface area contributed by atoms with Crippen LogP contribution in [0.1, 0.15) is 31.9 Å². The smallest absolute Gasteiger partial charge is 0.411 e. The number of nitrogens with zero attached hydrogens (tertiary/aromatic N) is 2. The first kappa shape index (κ1) is 21.9. The maximum Gasteiger partial charge on any atom is 0.411 e. The quantitative estimate of drug-likeness (QED) is 0.673. The summed E-state index contributed by atoms with van der Waals surface area (Å²) in [7, 11) is 0. The molecule has 0 aliphatic carbocycles. The Morgan fingerprint density at radius 2 is 1.53 bits per heavy atom. The number of anilines is 1. The molecule has 1 fully saturated rings. The van der Waals surface area contributed by atoms with Crippen LogP contribution in [0, 0.1) is 13.8 Å². The Balaban J connectivity index is 1.84. The molecule has 1 heterocycles. The van der Waals surface area contributed by atoms with Gasteiger partial charge in [0.2, 0.25) is 0 Å². The largest absolute Gasteiger partial charge is 0.444 e. The molecule has 30 heavy (non-hydrogen) atoms. The molecule has 0 unspecified atom stereocenters. The summed E-state index contributed by atoms with van der Waals surface area (Å²) in [5.74, 6) is -0.906. The first-order valence-electron chi connectivity index (χ1n) is 9.72. The van der Waals surface area contributed by atoms with E-state index in [1.807, 2.05) is 26.0 Å². The third-order valence-electron chi connectivity index (χ3n) is 4.33. The van der Waals surface area contributed by atoms with Crippen LogP contribution in [0.4, 0.5) is 10.5 Å². The average Bonchev–Trinajstić information content (AvgIpc) is 2.60. The average molecular weight is 427 g/mol. The molecule has 0 atom stereocenters. The molecule has 1 aliphatic heterocycles. The molecular weight excluding hydrogens is 400 g/mol. The molecular formula is C23H26N2O4S. The summed E-state index contributed by atoms with van der Waals surface area (Å²) in [6.07, 6.45) is -0.665. The zero-order valence-electron chi connectivity index (χ0n) is 17.9. The number of amides is 3. The van der Waals surface area contributed by atoms with Gasteiger partial charge in [-0.2, -0.15) is 0 Å². The monoisotopic (exact) mass is 426 g/mol. The van der Waals surface area contributed by atoms with Gasteiger partial charge in [-0.3, -0.25) is 14.5 Å². The predicted molar refractivity (Wildman–Crippen MR) is 117 cm³/mol. The number of hydrogen-bond acceptors (Lipinski definition) is 5. The molecule has 0 bridgehead atoms. The molecule has 2 aromatic carbocycles. The minimum Gasteiger partial charge on any atom is -0.444 e. The molecule has 0 aromatic heterocycles. The Morgan fingerprint density at radius 1 is 0.967 bits per heavy atom. The van der Waals surface area contributed by atoms with E-state index >= 15 is 0 Å². The summed E-state index contributed by atoms with van der Waals surface area (Å²) in [5.41, 5.74) is 2.12. The molecule has 158 valence electrons. The predicted octanol–water partition coefficient (Wildman–Crippen LogP) is 4.56. The first-order valence-corrected chi connectivity index (χ1v) is 10.5. The van der Waals surface area contributed by atoms with Crippen molar-refractivity contribution in [1.82, 2.24) is 4.90 Å². The van der Waals surface area contributed by atoms with Crippen molar-refractivity contribution < 1.29 is 19.1 Å².